The van der Waals surface area contributed by atoms with E-state index in [0.29, 0.717) is 12.5 Å². The number of likely N-dealkylation sites (N-methyl/N-ethyl adjacent to an activating group) is 1. The van der Waals surface area contributed by atoms with Crippen molar-refractivity contribution in [3.8, 4) is 0 Å². The van der Waals surface area contributed by atoms with E-state index in [-0.39, 0.29) is 5.41 Å². The van der Waals surface area contributed by atoms with E-state index in [1.165, 1.54) is 0 Å². The summed E-state index contributed by atoms with van der Waals surface area (Å²) in [7, 11) is 2.10. The zero-order valence-electron chi connectivity index (χ0n) is 9.54. The lowest BCUT2D eigenvalue weighted by atomic mass is 9.67. The van der Waals surface area contributed by atoms with Crippen molar-refractivity contribution in [3.05, 3.63) is 0 Å². The van der Waals surface area contributed by atoms with E-state index in [2.05, 4.69) is 11.9 Å². The number of hydrogen-bond acceptors (Lipinski definition) is 3. The molecule has 4 heteroatoms. The first kappa shape index (κ1) is 10.9. The third-order valence-electron chi connectivity index (χ3n) is 3.95. The van der Waals surface area contributed by atoms with E-state index in [4.69, 9.17) is 5.73 Å². The summed E-state index contributed by atoms with van der Waals surface area (Å²) in [5.74, 6) is 0.310. The van der Waals surface area contributed by atoms with Gasteiger partial charge in [0.25, 0.3) is 0 Å². The van der Waals surface area contributed by atoms with Crippen LogP contribution in [-0.4, -0.2) is 55.5 Å². The van der Waals surface area contributed by atoms with Crippen LogP contribution in [0.2, 0.25) is 0 Å². The maximum absolute atomic E-state index is 12.3. The molecule has 0 bridgehead atoms. The highest BCUT2D eigenvalue weighted by atomic mass is 16.2. The predicted octanol–water partition coefficient (Wildman–Crippen LogP) is -0.111. The number of amides is 1. The smallest absolute Gasteiger partial charge is 0.230 e. The average molecular weight is 211 g/mol. The zero-order valence-corrected chi connectivity index (χ0v) is 9.54. The highest BCUT2D eigenvalue weighted by Crippen LogP contribution is 2.41. The summed E-state index contributed by atoms with van der Waals surface area (Å²) in [5, 5.41) is 0. The van der Waals surface area contributed by atoms with Crippen molar-refractivity contribution in [2.45, 2.75) is 19.3 Å². The molecule has 2 rings (SSSR count). The van der Waals surface area contributed by atoms with Crippen molar-refractivity contribution >= 4 is 5.91 Å². The minimum absolute atomic E-state index is 0.185. The second-order valence-corrected chi connectivity index (χ2v) is 4.93. The number of piperazine rings is 1. The second kappa shape index (κ2) is 4.10. The van der Waals surface area contributed by atoms with Crippen LogP contribution >= 0.6 is 0 Å². The van der Waals surface area contributed by atoms with Gasteiger partial charge in [0.2, 0.25) is 5.91 Å². The molecule has 2 aliphatic rings. The zero-order chi connectivity index (χ0) is 10.9. The van der Waals surface area contributed by atoms with Gasteiger partial charge in [-0.3, -0.25) is 4.79 Å². The van der Waals surface area contributed by atoms with Gasteiger partial charge in [0, 0.05) is 32.7 Å². The first-order valence-electron chi connectivity index (χ1n) is 5.86. The summed E-state index contributed by atoms with van der Waals surface area (Å²) in [6.07, 6.45) is 3.15. The summed E-state index contributed by atoms with van der Waals surface area (Å²) >= 11 is 0. The van der Waals surface area contributed by atoms with Gasteiger partial charge in [-0.25, -0.2) is 0 Å². The van der Waals surface area contributed by atoms with E-state index in [1.54, 1.807) is 0 Å². The van der Waals surface area contributed by atoms with Gasteiger partial charge in [-0.15, -0.1) is 0 Å². The molecule has 15 heavy (non-hydrogen) atoms. The quantitative estimate of drug-likeness (QED) is 0.693. The number of carbonyl (C=O) groups excluding carboxylic acids is 1. The normalized spacial score (nSPS) is 26.1. The van der Waals surface area contributed by atoms with Crippen LogP contribution in [0.15, 0.2) is 0 Å². The fourth-order valence-electron chi connectivity index (χ4n) is 2.45. The Morgan fingerprint density at radius 2 is 1.87 bits per heavy atom. The highest BCUT2D eigenvalue weighted by Gasteiger charge is 2.45. The third-order valence-corrected chi connectivity index (χ3v) is 3.95. The van der Waals surface area contributed by atoms with Crippen molar-refractivity contribution in [2.75, 3.05) is 39.8 Å². The molecule has 0 radical (unpaired) electrons. The molecule has 0 aromatic rings. The van der Waals surface area contributed by atoms with Crippen molar-refractivity contribution in [2.24, 2.45) is 11.1 Å². The average Bonchev–Trinajstić information content (AvgIpc) is 2.18. The van der Waals surface area contributed by atoms with Crippen LogP contribution in [0.1, 0.15) is 19.3 Å². The van der Waals surface area contributed by atoms with E-state index >= 15 is 0 Å². The molecule has 1 heterocycles. The van der Waals surface area contributed by atoms with E-state index < -0.39 is 0 Å². The Morgan fingerprint density at radius 1 is 1.27 bits per heavy atom. The number of hydrogen-bond donors (Lipinski definition) is 1. The van der Waals surface area contributed by atoms with Crippen molar-refractivity contribution in [1.82, 2.24) is 9.80 Å². The molecule has 0 atom stereocenters. The van der Waals surface area contributed by atoms with Gasteiger partial charge in [0.1, 0.15) is 0 Å². The lowest BCUT2D eigenvalue weighted by Crippen LogP contribution is -2.56. The van der Waals surface area contributed by atoms with Crippen LogP contribution < -0.4 is 5.73 Å². The fraction of sp³-hybridized carbons (Fsp3) is 0.909. The number of nitrogens with two attached hydrogens (primary N) is 1. The van der Waals surface area contributed by atoms with Crippen LogP contribution in [0.4, 0.5) is 0 Å². The Morgan fingerprint density at radius 3 is 2.27 bits per heavy atom. The van der Waals surface area contributed by atoms with Crippen molar-refractivity contribution in [1.29, 1.82) is 0 Å². The predicted molar refractivity (Wildman–Crippen MR) is 59.4 cm³/mol. The molecular weight excluding hydrogens is 190 g/mol. The Bertz CT molecular complexity index is 237. The van der Waals surface area contributed by atoms with Gasteiger partial charge >= 0.3 is 0 Å². The van der Waals surface area contributed by atoms with Gasteiger partial charge in [-0.05, 0) is 19.9 Å². The number of rotatable bonds is 2. The van der Waals surface area contributed by atoms with Gasteiger partial charge < -0.3 is 15.5 Å². The summed E-state index contributed by atoms with van der Waals surface area (Å²) in [4.78, 5) is 16.5. The first-order valence-corrected chi connectivity index (χ1v) is 5.86. The van der Waals surface area contributed by atoms with E-state index in [1.807, 2.05) is 4.90 Å². The second-order valence-electron chi connectivity index (χ2n) is 4.93. The molecule has 0 aromatic carbocycles. The summed E-state index contributed by atoms with van der Waals surface area (Å²) < 4.78 is 0. The van der Waals surface area contributed by atoms with Crippen LogP contribution in [0, 0.1) is 5.41 Å². The van der Waals surface area contributed by atoms with Crippen molar-refractivity contribution in [3.63, 3.8) is 0 Å². The molecule has 2 fully saturated rings. The molecule has 1 saturated heterocycles. The van der Waals surface area contributed by atoms with Crippen LogP contribution in [0.3, 0.4) is 0 Å². The molecule has 1 amide bonds. The first-order chi connectivity index (χ1) is 7.18. The van der Waals surface area contributed by atoms with E-state index in [0.717, 1.165) is 45.4 Å². The van der Waals surface area contributed by atoms with Crippen molar-refractivity contribution < 1.29 is 4.79 Å². The molecule has 86 valence electrons. The SMILES string of the molecule is CN1CCN(C(=O)C2(CN)CCC2)CC1. The third kappa shape index (κ3) is 1.88. The molecule has 1 aliphatic heterocycles. The molecule has 1 aliphatic carbocycles. The molecule has 4 nitrogen and oxygen atoms in total. The molecule has 1 saturated carbocycles. The maximum atomic E-state index is 12.3. The van der Waals surface area contributed by atoms with Gasteiger partial charge in [0.05, 0.1) is 5.41 Å². The summed E-state index contributed by atoms with van der Waals surface area (Å²) in [6, 6.07) is 0. The summed E-state index contributed by atoms with van der Waals surface area (Å²) in [6.45, 7) is 4.26. The number of nitrogens with zero attached hydrogens (tertiary/aromatic N) is 2. The molecule has 0 aromatic heterocycles. The maximum Gasteiger partial charge on any atom is 0.230 e. The van der Waals surface area contributed by atoms with Crippen LogP contribution in [0.25, 0.3) is 0 Å². The Balaban J connectivity index is 1.95. The molecule has 0 spiro atoms. The fourth-order valence-corrected chi connectivity index (χ4v) is 2.45. The minimum Gasteiger partial charge on any atom is -0.340 e. The minimum atomic E-state index is -0.185. The highest BCUT2D eigenvalue weighted by molar-refractivity contribution is 5.84. The Hall–Kier alpha value is -0.610. The monoisotopic (exact) mass is 211 g/mol. The van der Waals surface area contributed by atoms with Crippen LogP contribution in [0.5, 0.6) is 0 Å². The molecule has 2 N–H and O–H groups in total. The largest absolute Gasteiger partial charge is 0.340 e. The molecule has 0 unspecified atom stereocenters. The Labute approximate surface area is 91.4 Å². The van der Waals surface area contributed by atoms with Gasteiger partial charge in [0.15, 0.2) is 0 Å². The van der Waals surface area contributed by atoms with Gasteiger partial charge in [-0.2, -0.15) is 0 Å². The lowest BCUT2D eigenvalue weighted by molar-refractivity contribution is -0.148. The topological polar surface area (TPSA) is 49.6 Å². The number of carbonyl (C=O) groups is 1. The standard InChI is InChI=1S/C11H21N3O/c1-13-5-7-14(8-6-13)10(15)11(9-12)3-2-4-11/h2-9,12H2,1H3. The summed E-state index contributed by atoms with van der Waals surface area (Å²) in [5.41, 5.74) is 5.56. The Kier molecular flexibility index (Phi) is 2.98. The van der Waals surface area contributed by atoms with Crippen LogP contribution in [-0.2, 0) is 4.79 Å². The van der Waals surface area contributed by atoms with E-state index in [9.17, 15) is 4.79 Å². The lowest BCUT2D eigenvalue weighted by Gasteiger charge is -2.44. The molecular formula is C11H21N3O. The van der Waals surface area contributed by atoms with Gasteiger partial charge in [-0.1, -0.05) is 6.42 Å².